The normalized spacial score (nSPS) is 10.5. The molecule has 0 atom stereocenters. The summed E-state index contributed by atoms with van der Waals surface area (Å²) in [4.78, 5) is 25.3. The van der Waals surface area contributed by atoms with Crippen molar-refractivity contribution in [3.05, 3.63) is 0 Å². The third kappa shape index (κ3) is 8.09. The molecule has 0 saturated heterocycles. The van der Waals surface area contributed by atoms with Crippen molar-refractivity contribution in [3.8, 4) is 0 Å². The first kappa shape index (κ1) is 16.9. The lowest BCUT2D eigenvalue weighted by atomic mass is 10.1. The lowest BCUT2D eigenvalue weighted by Gasteiger charge is -2.21. The van der Waals surface area contributed by atoms with Crippen LogP contribution in [0.4, 0.5) is 0 Å². The maximum absolute atomic E-state index is 11.9. The summed E-state index contributed by atoms with van der Waals surface area (Å²) < 4.78 is 0. The van der Waals surface area contributed by atoms with Gasteiger partial charge in [0.1, 0.15) is 6.42 Å². The average molecular weight is 256 g/mol. The molecule has 0 spiro atoms. The van der Waals surface area contributed by atoms with Gasteiger partial charge in [-0.1, -0.05) is 27.7 Å². The number of amides is 2. The van der Waals surface area contributed by atoms with Crippen LogP contribution < -0.4 is 5.32 Å². The Bertz CT molecular complexity index is 246. The Labute approximate surface area is 111 Å². The SMILES string of the molecule is CCCN(CCC)C(=O)CC(=O)NCCC(C)C. The van der Waals surface area contributed by atoms with E-state index in [9.17, 15) is 9.59 Å². The predicted octanol–water partition coefficient (Wildman–Crippen LogP) is 2.19. The lowest BCUT2D eigenvalue weighted by molar-refractivity contribution is -0.136. The maximum Gasteiger partial charge on any atom is 0.232 e. The molecule has 1 N–H and O–H groups in total. The van der Waals surface area contributed by atoms with E-state index in [-0.39, 0.29) is 18.2 Å². The summed E-state index contributed by atoms with van der Waals surface area (Å²) in [7, 11) is 0. The third-order valence-electron chi connectivity index (χ3n) is 2.70. The minimum atomic E-state index is -0.155. The Kier molecular flexibility index (Phi) is 9.33. The number of rotatable bonds is 9. The van der Waals surface area contributed by atoms with Gasteiger partial charge in [-0.15, -0.1) is 0 Å². The topological polar surface area (TPSA) is 49.4 Å². The Hall–Kier alpha value is -1.06. The van der Waals surface area contributed by atoms with Gasteiger partial charge in [0.25, 0.3) is 0 Å². The lowest BCUT2D eigenvalue weighted by Crippen LogP contribution is -2.37. The molecule has 4 nitrogen and oxygen atoms in total. The second kappa shape index (κ2) is 9.92. The van der Waals surface area contributed by atoms with Crippen molar-refractivity contribution in [2.45, 2.75) is 53.4 Å². The van der Waals surface area contributed by atoms with E-state index in [2.05, 4.69) is 19.2 Å². The second-order valence-corrected chi connectivity index (χ2v) is 5.09. The van der Waals surface area contributed by atoms with Crippen molar-refractivity contribution >= 4 is 11.8 Å². The summed E-state index contributed by atoms with van der Waals surface area (Å²) in [6.45, 7) is 10.4. The van der Waals surface area contributed by atoms with E-state index in [1.54, 1.807) is 4.90 Å². The van der Waals surface area contributed by atoms with Crippen LogP contribution in [0.3, 0.4) is 0 Å². The van der Waals surface area contributed by atoms with Crippen molar-refractivity contribution in [3.63, 3.8) is 0 Å². The summed E-state index contributed by atoms with van der Waals surface area (Å²) in [6.07, 6.45) is 2.80. The fourth-order valence-corrected chi connectivity index (χ4v) is 1.71. The highest BCUT2D eigenvalue weighted by Gasteiger charge is 2.15. The molecule has 0 bridgehead atoms. The van der Waals surface area contributed by atoms with E-state index >= 15 is 0 Å². The summed E-state index contributed by atoms with van der Waals surface area (Å²) in [5.74, 6) is 0.358. The molecule has 4 heteroatoms. The van der Waals surface area contributed by atoms with Gasteiger partial charge in [-0.2, -0.15) is 0 Å². The molecule has 0 radical (unpaired) electrons. The molecule has 0 aromatic heterocycles. The minimum absolute atomic E-state index is 0.0158. The van der Waals surface area contributed by atoms with E-state index in [0.29, 0.717) is 12.5 Å². The highest BCUT2D eigenvalue weighted by atomic mass is 16.2. The molecule has 0 aliphatic rings. The van der Waals surface area contributed by atoms with Gasteiger partial charge >= 0.3 is 0 Å². The van der Waals surface area contributed by atoms with Crippen LogP contribution in [0.5, 0.6) is 0 Å². The largest absolute Gasteiger partial charge is 0.356 e. The number of nitrogens with zero attached hydrogens (tertiary/aromatic N) is 1. The number of carbonyl (C=O) groups excluding carboxylic acids is 2. The molecule has 0 aliphatic carbocycles. The van der Waals surface area contributed by atoms with E-state index < -0.39 is 0 Å². The number of hydrogen-bond donors (Lipinski definition) is 1. The van der Waals surface area contributed by atoms with E-state index in [1.165, 1.54) is 0 Å². The van der Waals surface area contributed by atoms with Crippen molar-refractivity contribution < 1.29 is 9.59 Å². The molecule has 0 aromatic rings. The van der Waals surface area contributed by atoms with Gasteiger partial charge in [0.05, 0.1) is 0 Å². The molecular weight excluding hydrogens is 228 g/mol. The van der Waals surface area contributed by atoms with E-state index in [0.717, 1.165) is 32.4 Å². The molecule has 0 rings (SSSR count). The predicted molar refractivity (Wildman–Crippen MR) is 74.2 cm³/mol. The van der Waals surface area contributed by atoms with Gasteiger partial charge in [-0.25, -0.2) is 0 Å². The molecule has 0 saturated carbocycles. The Morgan fingerprint density at radius 2 is 1.67 bits per heavy atom. The molecule has 0 unspecified atom stereocenters. The van der Waals surface area contributed by atoms with Gasteiger partial charge in [0.15, 0.2) is 0 Å². The van der Waals surface area contributed by atoms with Crippen molar-refractivity contribution in [2.24, 2.45) is 5.92 Å². The fraction of sp³-hybridized carbons (Fsp3) is 0.857. The highest BCUT2D eigenvalue weighted by molar-refractivity contribution is 5.96. The van der Waals surface area contributed by atoms with Crippen LogP contribution in [0, 0.1) is 5.92 Å². The molecule has 0 fully saturated rings. The van der Waals surface area contributed by atoms with Gasteiger partial charge in [-0.3, -0.25) is 9.59 Å². The van der Waals surface area contributed by atoms with Gasteiger partial charge in [0, 0.05) is 19.6 Å². The fourth-order valence-electron chi connectivity index (χ4n) is 1.71. The van der Waals surface area contributed by atoms with Crippen molar-refractivity contribution in [1.82, 2.24) is 10.2 Å². The van der Waals surface area contributed by atoms with Crippen LogP contribution >= 0.6 is 0 Å². The summed E-state index contributed by atoms with van der Waals surface area (Å²) in [6, 6.07) is 0. The number of carbonyl (C=O) groups is 2. The van der Waals surface area contributed by atoms with Crippen LogP contribution in [-0.4, -0.2) is 36.3 Å². The minimum Gasteiger partial charge on any atom is -0.356 e. The quantitative estimate of drug-likeness (QED) is 0.643. The number of nitrogens with one attached hydrogen (secondary N) is 1. The van der Waals surface area contributed by atoms with Crippen LogP contribution in [0.15, 0.2) is 0 Å². The first-order valence-corrected chi connectivity index (χ1v) is 7.05. The first-order chi connectivity index (χ1) is 8.51. The third-order valence-corrected chi connectivity index (χ3v) is 2.70. The standard InChI is InChI=1S/C14H28N2O2/c1-5-9-16(10-6-2)14(18)11-13(17)15-8-7-12(3)4/h12H,5-11H2,1-4H3,(H,15,17). The Morgan fingerprint density at radius 3 is 2.11 bits per heavy atom. The molecule has 0 aliphatic heterocycles. The molecule has 2 amide bonds. The van der Waals surface area contributed by atoms with Crippen LogP contribution in [0.1, 0.15) is 53.4 Å². The summed E-state index contributed by atoms with van der Waals surface area (Å²) in [5, 5.41) is 2.80. The Balaban J connectivity index is 3.99. The molecular formula is C14H28N2O2. The maximum atomic E-state index is 11.9. The average Bonchev–Trinajstić information content (AvgIpc) is 2.28. The summed E-state index contributed by atoms with van der Waals surface area (Å²) >= 11 is 0. The zero-order chi connectivity index (χ0) is 14.0. The monoisotopic (exact) mass is 256 g/mol. The van der Waals surface area contributed by atoms with Crippen LogP contribution in [0.2, 0.25) is 0 Å². The number of hydrogen-bond acceptors (Lipinski definition) is 2. The molecule has 0 aromatic carbocycles. The molecule has 18 heavy (non-hydrogen) atoms. The van der Waals surface area contributed by atoms with Gasteiger partial charge < -0.3 is 10.2 Å². The van der Waals surface area contributed by atoms with Crippen LogP contribution in [0.25, 0.3) is 0 Å². The first-order valence-electron chi connectivity index (χ1n) is 7.05. The van der Waals surface area contributed by atoms with Gasteiger partial charge in [0.2, 0.25) is 11.8 Å². The van der Waals surface area contributed by atoms with Crippen molar-refractivity contribution in [2.75, 3.05) is 19.6 Å². The zero-order valence-corrected chi connectivity index (χ0v) is 12.3. The highest BCUT2D eigenvalue weighted by Crippen LogP contribution is 2.00. The van der Waals surface area contributed by atoms with Crippen molar-refractivity contribution in [1.29, 1.82) is 0 Å². The molecule has 106 valence electrons. The zero-order valence-electron chi connectivity index (χ0n) is 12.3. The second-order valence-electron chi connectivity index (χ2n) is 5.09. The summed E-state index contributed by atoms with van der Waals surface area (Å²) in [5.41, 5.74) is 0. The smallest absolute Gasteiger partial charge is 0.232 e. The molecule has 0 heterocycles. The van der Waals surface area contributed by atoms with Gasteiger partial charge in [-0.05, 0) is 25.2 Å². The van der Waals surface area contributed by atoms with Crippen LogP contribution in [-0.2, 0) is 9.59 Å². The Morgan fingerprint density at radius 1 is 1.11 bits per heavy atom. The van der Waals surface area contributed by atoms with E-state index in [4.69, 9.17) is 0 Å². The van der Waals surface area contributed by atoms with E-state index in [1.807, 2.05) is 13.8 Å².